The third-order valence-corrected chi connectivity index (χ3v) is 3.34. The molecule has 1 unspecified atom stereocenters. The number of nitrogens with two attached hydrogens (primary N) is 1. The first-order valence-electron chi connectivity index (χ1n) is 5.71. The first-order chi connectivity index (χ1) is 6.90. The Hall–Kier alpha value is -0.380. The van der Waals surface area contributed by atoms with Crippen LogP contribution in [0.1, 0.15) is 12.8 Å². The number of nitrogens with zero attached hydrogens (tertiary/aromatic N) is 2. The standard InChI is InChI=1S/C11H21N3/c12-5-1-2-6-13-8-9-14-7-3-4-11(14)10-13/h1-2,11H,3-10,12H2/b2-1+. The first-order valence-corrected chi connectivity index (χ1v) is 5.71. The molecule has 1 atom stereocenters. The number of hydrogen-bond donors (Lipinski definition) is 1. The van der Waals surface area contributed by atoms with Gasteiger partial charge in [-0.25, -0.2) is 0 Å². The molecule has 2 N–H and O–H groups in total. The molecule has 2 heterocycles. The summed E-state index contributed by atoms with van der Waals surface area (Å²) in [5.74, 6) is 0. The second kappa shape index (κ2) is 4.91. The lowest BCUT2D eigenvalue weighted by molar-refractivity contribution is 0.114. The molecule has 2 rings (SSSR count). The molecule has 0 aromatic carbocycles. The van der Waals surface area contributed by atoms with E-state index < -0.39 is 0 Å². The highest BCUT2D eigenvalue weighted by Crippen LogP contribution is 2.21. The van der Waals surface area contributed by atoms with Crippen LogP contribution in [-0.4, -0.2) is 55.1 Å². The van der Waals surface area contributed by atoms with Crippen LogP contribution in [0.25, 0.3) is 0 Å². The molecule has 80 valence electrons. The second-order valence-electron chi connectivity index (χ2n) is 4.30. The normalized spacial score (nSPS) is 29.9. The maximum Gasteiger partial charge on any atom is 0.0224 e. The van der Waals surface area contributed by atoms with Crippen LogP contribution in [0.5, 0.6) is 0 Å². The number of rotatable bonds is 3. The zero-order valence-corrected chi connectivity index (χ0v) is 8.86. The molecule has 2 aliphatic rings. The lowest BCUT2D eigenvalue weighted by atomic mass is 10.1. The molecule has 0 aromatic heterocycles. The van der Waals surface area contributed by atoms with E-state index in [1.165, 1.54) is 39.0 Å². The van der Waals surface area contributed by atoms with E-state index in [9.17, 15) is 0 Å². The Morgan fingerprint density at radius 1 is 1.21 bits per heavy atom. The molecule has 0 spiro atoms. The van der Waals surface area contributed by atoms with E-state index >= 15 is 0 Å². The van der Waals surface area contributed by atoms with Crippen LogP contribution in [0.3, 0.4) is 0 Å². The van der Waals surface area contributed by atoms with Crippen LogP contribution in [0.2, 0.25) is 0 Å². The highest BCUT2D eigenvalue weighted by molar-refractivity contribution is 4.91. The Labute approximate surface area is 86.5 Å². The molecule has 0 aromatic rings. The molecule has 2 saturated heterocycles. The fourth-order valence-corrected chi connectivity index (χ4v) is 2.54. The van der Waals surface area contributed by atoms with Gasteiger partial charge in [-0.3, -0.25) is 9.80 Å². The van der Waals surface area contributed by atoms with Crippen molar-refractivity contribution >= 4 is 0 Å². The second-order valence-corrected chi connectivity index (χ2v) is 4.30. The van der Waals surface area contributed by atoms with E-state index in [0.717, 1.165) is 12.6 Å². The number of piperazine rings is 1. The minimum atomic E-state index is 0.670. The summed E-state index contributed by atoms with van der Waals surface area (Å²) in [5, 5.41) is 0. The van der Waals surface area contributed by atoms with Crippen molar-refractivity contribution in [1.29, 1.82) is 0 Å². The Bertz CT molecular complexity index is 203. The van der Waals surface area contributed by atoms with Crippen molar-refractivity contribution in [3.63, 3.8) is 0 Å². The predicted molar refractivity (Wildman–Crippen MR) is 59.2 cm³/mol. The summed E-state index contributed by atoms with van der Waals surface area (Å²) >= 11 is 0. The Balaban J connectivity index is 1.77. The summed E-state index contributed by atoms with van der Waals surface area (Å²) in [6, 6.07) is 0.843. The lowest BCUT2D eigenvalue weighted by Gasteiger charge is -2.36. The van der Waals surface area contributed by atoms with Crippen LogP contribution in [0.15, 0.2) is 12.2 Å². The lowest BCUT2D eigenvalue weighted by Crippen LogP contribution is -2.49. The smallest absolute Gasteiger partial charge is 0.0224 e. The molecule has 0 amide bonds. The molecule has 0 aliphatic carbocycles. The minimum Gasteiger partial charge on any atom is -0.327 e. The molecular formula is C11H21N3. The van der Waals surface area contributed by atoms with Gasteiger partial charge in [-0.05, 0) is 19.4 Å². The largest absolute Gasteiger partial charge is 0.327 e. The van der Waals surface area contributed by atoms with Crippen LogP contribution in [0, 0.1) is 0 Å². The van der Waals surface area contributed by atoms with Gasteiger partial charge in [-0.15, -0.1) is 0 Å². The van der Waals surface area contributed by atoms with Crippen molar-refractivity contribution < 1.29 is 0 Å². The Morgan fingerprint density at radius 3 is 3.00 bits per heavy atom. The zero-order valence-electron chi connectivity index (χ0n) is 8.86. The summed E-state index contributed by atoms with van der Waals surface area (Å²) in [7, 11) is 0. The maximum absolute atomic E-state index is 5.42. The average Bonchev–Trinajstić information content (AvgIpc) is 2.65. The summed E-state index contributed by atoms with van der Waals surface area (Å²) in [6.45, 7) is 6.84. The van der Waals surface area contributed by atoms with Crippen LogP contribution in [0.4, 0.5) is 0 Å². The first kappa shape index (κ1) is 10.1. The van der Waals surface area contributed by atoms with Crippen LogP contribution >= 0.6 is 0 Å². The fraction of sp³-hybridized carbons (Fsp3) is 0.818. The molecule has 0 saturated carbocycles. The third kappa shape index (κ3) is 2.35. The maximum atomic E-state index is 5.42. The van der Waals surface area contributed by atoms with Gasteiger partial charge in [0.25, 0.3) is 0 Å². The molecule has 2 fully saturated rings. The quantitative estimate of drug-likeness (QED) is 0.657. The van der Waals surface area contributed by atoms with Crippen LogP contribution in [-0.2, 0) is 0 Å². The predicted octanol–water partition coefficient (Wildman–Crippen LogP) is 0.281. The molecule has 14 heavy (non-hydrogen) atoms. The Kier molecular flexibility index (Phi) is 3.56. The van der Waals surface area contributed by atoms with Crippen molar-refractivity contribution in [2.45, 2.75) is 18.9 Å². The third-order valence-electron chi connectivity index (χ3n) is 3.34. The van der Waals surface area contributed by atoms with E-state index in [4.69, 9.17) is 5.73 Å². The zero-order chi connectivity index (χ0) is 9.80. The van der Waals surface area contributed by atoms with Crippen molar-refractivity contribution in [3.05, 3.63) is 12.2 Å². The molecule has 2 aliphatic heterocycles. The van der Waals surface area contributed by atoms with Crippen molar-refractivity contribution in [2.75, 3.05) is 39.3 Å². The summed E-state index contributed by atoms with van der Waals surface area (Å²) in [4.78, 5) is 5.18. The van der Waals surface area contributed by atoms with Gasteiger partial charge in [0.15, 0.2) is 0 Å². The minimum absolute atomic E-state index is 0.670. The Morgan fingerprint density at radius 2 is 2.14 bits per heavy atom. The summed E-state index contributed by atoms with van der Waals surface area (Å²) in [6.07, 6.45) is 7.06. The highest BCUT2D eigenvalue weighted by atomic mass is 15.3. The molecule has 3 nitrogen and oxygen atoms in total. The van der Waals surface area contributed by atoms with Crippen molar-refractivity contribution in [2.24, 2.45) is 5.73 Å². The van der Waals surface area contributed by atoms with Gasteiger partial charge in [0.1, 0.15) is 0 Å². The van der Waals surface area contributed by atoms with Gasteiger partial charge in [0, 0.05) is 38.8 Å². The molecule has 0 radical (unpaired) electrons. The molecule has 3 heteroatoms. The molecular weight excluding hydrogens is 174 g/mol. The van der Waals surface area contributed by atoms with E-state index in [-0.39, 0.29) is 0 Å². The SMILES string of the molecule is NC/C=C/CN1CCN2CCCC2C1. The van der Waals surface area contributed by atoms with E-state index in [0.29, 0.717) is 6.54 Å². The van der Waals surface area contributed by atoms with Crippen molar-refractivity contribution in [1.82, 2.24) is 9.80 Å². The van der Waals surface area contributed by atoms with Crippen LogP contribution < -0.4 is 5.73 Å². The molecule has 0 bridgehead atoms. The fourth-order valence-electron chi connectivity index (χ4n) is 2.54. The van der Waals surface area contributed by atoms with Crippen molar-refractivity contribution in [3.8, 4) is 0 Å². The number of hydrogen-bond acceptors (Lipinski definition) is 3. The van der Waals surface area contributed by atoms with Gasteiger partial charge in [0.05, 0.1) is 0 Å². The van der Waals surface area contributed by atoms with Gasteiger partial charge >= 0.3 is 0 Å². The monoisotopic (exact) mass is 195 g/mol. The van der Waals surface area contributed by atoms with E-state index in [1.54, 1.807) is 0 Å². The summed E-state index contributed by atoms with van der Waals surface area (Å²) < 4.78 is 0. The van der Waals surface area contributed by atoms with Gasteiger partial charge < -0.3 is 5.73 Å². The van der Waals surface area contributed by atoms with Gasteiger partial charge in [-0.1, -0.05) is 12.2 Å². The summed E-state index contributed by atoms with van der Waals surface area (Å²) in [5.41, 5.74) is 5.42. The number of fused-ring (bicyclic) bond motifs is 1. The van der Waals surface area contributed by atoms with E-state index in [2.05, 4.69) is 22.0 Å². The highest BCUT2D eigenvalue weighted by Gasteiger charge is 2.29. The topological polar surface area (TPSA) is 32.5 Å². The van der Waals surface area contributed by atoms with Gasteiger partial charge in [-0.2, -0.15) is 0 Å². The van der Waals surface area contributed by atoms with Gasteiger partial charge in [0.2, 0.25) is 0 Å². The average molecular weight is 195 g/mol. The van der Waals surface area contributed by atoms with E-state index in [1.807, 2.05) is 0 Å².